The van der Waals surface area contributed by atoms with Crippen LogP contribution < -0.4 is 5.32 Å². The first kappa shape index (κ1) is 12.0. The fraction of sp³-hybridized carbons (Fsp3) is 0.364. The number of aryl methyl sites for hydroxylation is 1. The van der Waals surface area contributed by atoms with Gasteiger partial charge in [-0.15, -0.1) is 0 Å². The monoisotopic (exact) mass is 227 g/mol. The standard InChI is InChI=1S/C11H14ClNO2/c12-10-5-3-9(4-6-10)2-1-7-13-8-11(14)15/h3-6,13H,1-2,7-8H2,(H,14,15). The van der Waals surface area contributed by atoms with Crippen LogP contribution in [0.1, 0.15) is 12.0 Å². The van der Waals surface area contributed by atoms with Crippen molar-refractivity contribution in [2.45, 2.75) is 12.8 Å². The number of hydrogen-bond donors (Lipinski definition) is 2. The van der Waals surface area contributed by atoms with Crippen molar-refractivity contribution in [3.8, 4) is 0 Å². The maximum absolute atomic E-state index is 10.2. The molecule has 0 aliphatic carbocycles. The molecule has 0 heterocycles. The van der Waals surface area contributed by atoms with Gasteiger partial charge in [-0.1, -0.05) is 23.7 Å². The number of carboxylic acid groups (broad SMARTS) is 1. The summed E-state index contributed by atoms with van der Waals surface area (Å²) in [4.78, 5) is 10.2. The lowest BCUT2D eigenvalue weighted by molar-refractivity contribution is -0.135. The van der Waals surface area contributed by atoms with Gasteiger partial charge in [0.05, 0.1) is 6.54 Å². The molecule has 0 unspecified atom stereocenters. The van der Waals surface area contributed by atoms with E-state index in [9.17, 15) is 4.79 Å². The molecule has 0 fully saturated rings. The van der Waals surface area contributed by atoms with Crippen molar-refractivity contribution in [3.05, 3.63) is 34.9 Å². The highest BCUT2D eigenvalue weighted by Crippen LogP contribution is 2.10. The molecule has 4 heteroatoms. The molecule has 0 amide bonds. The fourth-order valence-electron chi connectivity index (χ4n) is 1.26. The average Bonchev–Trinajstić information content (AvgIpc) is 2.20. The van der Waals surface area contributed by atoms with Gasteiger partial charge in [0, 0.05) is 5.02 Å². The van der Waals surface area contributed by atoms with Crippen LogP contribution in [0.25, 0.3) is 0 Å². The Hall–Kier alpha value is -1.06. The molecule has 1 aromatic rings. The third kappa shape index (κ3) is 5.40. The molecule has 0 saturated carbocycles. The lowest BCUT2D eigenvalue weighted by Gasteiger charge is -2.02. The molecule has 15 heavy (non-hydrogen) atoms. The van der Waals surface area contributed by atoms with E-state index in [0.29, 0.717) is 0 Å². The summed E-state index contributed by atoms with van der Waals surface area (Å²) in [5.74, 6) is -0.818. The van der Waals surface area contributed by atoms with Gasteiger partial charge in [0.2, 0.25) is 0 Å². The molecule has 0 aliphatic heterocycles. The van der Waals surface area contributed by atoms with Crippen LogP contribution in [0.4, 0.5) is 0 Å². The van der Waals surface area contributed by atoms with Gasteiger partial charge >= 0.3 is 5.97 Å². The molecule has 82 valence electrons. The molecule has 0 saturated heterocycles. The van der Waals surface area contributed by atoms with E-state index >= 15 is 0 Å². The lowest BCUT2D eigenvalue weighted by Crippen LogP contribution is -2.23. The number of carbonyl (C=O) groups is 1. The van der Waals surface area contributed by atoms with Crippen LogP contribution in [0.5, 0.6) is 0 Å². The Kier molecular flexibility index (Phi) is 5.15. The largest absolute Gasteiger partial charge is 0.480 e. The second-order valence-corrected chi connectivity index (χ2v) is 3.74. The summed E-state index contributed by atoms with van der Waals surface area (Å²) in [6.07, 6.45) is 1.86. The van der Waals surface area contributed by atoms with Crippen LogP contribution in [0.2, 0.25) is 5.02 Å². The summed E-state index contributed by atoms with van der Waals surface area (Å²) in [7, 11) is 0. The van der Waals surface area contributed by atoms with E-state index in [-0.39, 0.29) is 6.54 Å². The molecule has 1 rings (SSSR count). The minimum Gasteiger partial charge on any atom is -0.480 e. The van der Waals surface area contributed by atoms with Crippen molar-refractivity contribution in [2.24, 2.45) is 0 Å². The highest BCUT2D eigenvalue weighted by Gasteiger charge is 1.96. The van der Waals surface area contributed by atoms with E-state index in [2.05, 4.69) is 5.32 Å². The first-order chi connectivity index (χ1) is 7.18. The molecular weight excluding hydrogens is 214 g/mol. The summed E-state index contributed by atoms with van der Waals surface area (Å²) in [6, 6.07) is 7.70. The molecule has 0 radical (unpaired) electrons. The van der Waals surface area contributed by atoms with Crippen LogP contribution >= 0.6 is 11.6 Å². The van der Waals surface area contributed by atoms with E-state index in [1.54, 1.807) is 0 Å². The average molecular weight is 228 g/mol. The molecule has 0 atom stereocenters. The molecule has 0 aliphatic rings. The molecule has 3 nitrogen and oxygen atoms in total. The Balaban J connectivity index is 2.15. The van der Waals surface area contributed by atoms with Gasteiger partial charge in [-0.2, -0.15) is 0 Å². The van der Waals surface area contributed by atoms with Gasteiger partial charge in [0.15, 0.2) is 0 Å². The first-order valence-corrected chi connectivity index (χ1v) is 5.23. The number of carboxylic acids is 1. The van der Waals surface area contributed by atoms with Crippen molar-refractivity contribution in [1.29, 1.82) is 0 Å². The van der Waals surface area contributed by atoms with E-state index in [1.165, 1.54) is 5.56 Å². The lowest BCUT2D eigenvalue weighted by atomic mass is 10.1. The van der Waals surface area contributed by atoms with Gasteiger partial charge in [-0.3, -0.25) is 4.79 Å². The zero-order chi connectivity index (χ0) is 11.1. The van der Waals surface area contributed by atoms with Crippen molar-refractivity contribution in [2.75, 3.05) is 13.1 Å². The maximum atomic E-state index is 10.2. The molecule has 2 N–H and O–H groups in total. The number of halogens is 1. The van der Waals surface area contributed by atoms with Crippen LogP contribution in [0, 0.1) is 0 Å². The van der Waals surface area contributed by atoms with E-state index in [0.717, 1.165) is 24.4 Å². The Labute approximate surface area is 94.1 Å². The SMILES string of the molecule is O=C(O)CNCCCc1ccc(Cl)cc1. The molecule has 0 spiro atoms. The smallest absolute Gasteiger partial charge is 0.317 e. The minimum absolute atomic E-state index is 0.0284. The maximum Gasteiger partial charge on any atom is 0.317 e. The Morgan fingerprint density at radius 2 is 2.00 bits per heavy atom. The number of nitrogens with one attached hydrogen (secondary N) is 1. The Morgan fingerprint density at radius 1 is 1.33 bits per heavy atom. The van der Waals surface area contributed by atoms with Crippen LogP contribution in [0.15, 0.2) is 24.3 Å². The summed E-state index contributed by atoms with van der Waals surface area (Å²) in [5.41, 5.74) is 1.22. The molecular formula is C11H14ClNO2. The van der Waals surface area contributed by atoms with Crippen molar-refractivity contribution in [3.63, 3.8) is 0 Å². The molecule has 0 aromatic heterocycles. The third-order valence-electron chi connectivity index (χ3n) is 2.01. The zero-order valence-electron chi connectivity index (χ0n) is 8.37. The number of hydrogen-bond acceptors (Lipinski definition) is 2. The van der Waals surface area contributed by atoms with Crippen molar-refractivity contribution < 1.29 is 9.90 Å². The first-order valence-electron chi connectivity index (χ1n) is 4.85. The van der Waals surface area contributed by atoms with Crippen molar-refractivity contribution in [1.82, 2.24) is 5.32 Å². The summed E-state index contributed by atoms with van der Waals surface area (Å²) < 4.78 is 0. The molecule has 0 bridgehead atoms. The summed E-state index contributed by atoms with van der Waals surface area (Å²) in [5, 5.41) is 12.0. The Morgan fingerprint density at radius 3 is 2.60 bits per heavy atom. The second kappa shape index (κ2) is 6.43. The number of aliphatic carboxylic acids is 1. The third-order valence-corrected chi connectivity index (χ3v) is 2.26. The fourth-order valence-corrected chi connectivity index (χ4v) is 1.39. The van der Waals surface area contributed by atoms with E-state index in [1.807, 2.05) is 24.3 Å². The summed E-state index contributed by atoms with van der Waals surface area (Å²) in [6.45, 7) is 0.746. The van der Waals surface area contributed by atoms with Gasteiger partial charge < -0.3 is 10.4 Å². The number of rotatable bonds is 6. The normalized spacial score (nSPS) is 10.2. The van der Waals surface area contributed by atoms with E-state index in [4.69, 9.17) is 16.7 Å². The van der Waals surface area contributed by atoms with Crippen molar-refractivity contribution >= 4 is 17.6 Å². The summed E-state index contributed by atoms with van der Waals surface area (Å²) >= 11 is 5.75. The van der Waals surface area contributed by atoms with Gasteiger partial charge in [-0.25, -0.2) is 0 Å². The van der Waals surface area contributed by atoms with Gasteiger partial charge in [-0.05, 0) is 37.1 Å². The minimum atomic E-state index is -0.818. The zero-order valence-corrected chi connectivity index (χ0v) is 9.13. The van der Waals surface area contributed by atoms with Gasteiger partial charge in [0.25, 0.3) is 0 Å². The van der Waals surface area contributed by atoms with Crippen LogP contribution in [-0.2, 0) is 11.2 Å². The van der Waals surface area contributed by atoms with Gasteiger partial charge in [0.1, 0.15) is 0 Å². The highest BCUT2D eigenvalue weighted by molar-refractivity contribution is 6.30. The number of benzene rings is 1. The molecule has 1 aromatic carbocycles. The predicted octanol–water partition coefficient (Wildman–Crippen LogP) is 1.95. The van der Waals surface area contributed by atoms with Crippen LogP contribution in [0.3, 0.4) is 0 Å². The predicted molar refractivity (Wildman–Crippen MR) is 60.3 cm³/mol. The second-order valence-electron chi connectivity index (χ2n) is 3.30. The highest BCUT2D eigenvalue weighted by atomic mass is 35.5. The van der Waals surface area contributed by atoms with Crippen LogP contribution in [-0.4, -0.2) is 24.2 Å². The Bertz CT molecular complexity index is 311. The topological polar surface area (TPSA) is 49.3 Å². The van der Waals surface area contributed by atoms with E-state index < -0.39 is 5.97 Å². The quantitative estimate of drug-likeness (QED) is 0.731.